The van der Waals surface area contributed by atoms with Crippen molar-refractivity contribution >= 4 is 17.3 Å². The summed E-state index contributed by atoms with van der Waals surface area (Å²) in [5.74, 6) is 6.78. The molecule has 1 aliphatic rings. The van der Waals surface area contributed by atoms with E-state index in [1.165, 1.54) is 5.69 Å². The zero-order valence-corrected chi connectivity index (χ0v) is 10.5. The molecule has 0 aliphatic carbocycles. The lowest BCUT2D eigenvalue weighted by atomic mass is 10.2. The zero-order chi connectivity index (χ0) is 11.9. The highest BCUT2D eigenvalue weighted by atomic mass is 35.5. The first-order valence-electron chi connectivity index (χ1n) is 5.88. The minimum atomic E-state index is 0.593. The van der Waals surface area contributed by atoms with Gasteiger partial charge in [-0.3, -0.25) is 0 Å². The fraction of sp³-hybridized carbons (Fsp3) is 0.429. The molecule has 3 heteroatoms. The Morgan fingerprint density at radius 2 is 2.12 bits per heavy atom. The van der Waals surface area contributed by atoms with Crippen LogP contribution in [-0.4, -0.2) is 32.2 Å². The average Bonchev–Trinajstić information content (AvgIpc) is 2.41. The van der Waals surface area contributed by atoms with Crippen LogP contribution in [0, 0.1) is 11.8 Å². The highest BCUT2D eigenvalue weighted by molar-refractivity contribution is 6.18. The molecule has 0 bridgehead atoms. The highest BCUT2D eigenvalue weighted by Crippen LogP contribution is 2.16. The number of benzene rings is 1. The maximum absolute atomic E-state index is 5.60. The van der Waals surface area contributed by atoms with Crippen LogP contribution < -0.4 is 4.90 Å². The molecule has 0 radical (unpaired) electrons. The van der Waals surface area contributed by atoms with E-state index in [9.17, 15) is 0 Å². The lowest BCUT2D eigenvalue weighted by Crippen LogP contribution is -2.36. The topological polar surface area (TPSA) is 12.5 Å². The summed E-state index contributed by atoms with van der Waals surface area (Å²) < 4.78 is 5.35. The second-order valence-corrected chi connectivity index (χ2v) is 4.27. The minimum Gasteiger partial charge on any atom is -0.378 e. The van der Waals surface area contributed by atoms with E-state index in [2.05, 4.69) is 34.9 Å². The molecule has 90 valence electrons. The Morgan fingerprint density at radius 1 is 1.29 bits per heavy atom. The Morgan fingerprint density at radius 3 is 2.88 bits per heavy atom. The average molecular weight is 250 g/mol. The van der Waals surface area contributed by atoms with Gasteiger partial charge in [-0.05, 0) is 18.2 Å². The molecule has 0 spiro atoms. The first kappa shape index (κ1) is 12.3. The van der Waals surface area contributed by atoms with Crippen molar-refractivity contribution in [1.29, 1.82) is 0 Å². The smallest absolute Gasteiger partial charge is 0.0642 e. The summed E-state index contributed by atoms with van der Waals surface area (Å²) >= 11 is 5.60. The fourth-order valence-electron chi connectivity index (χ4n) is 1.81. The number of nitrogens with zero attached hydrogens (tertiary/aromatic N) is 1. The number of halogens is 1. The van der Waals surface area contributed by atoms with Crippen molar-refractivity contribution in [1.82, 2.24) is 0 Å². The third-order valence-electron chi connectivity index (χ3n) is 2.67. The molecule has 1 aromatic rings. The Balaban J connectivity index is 2.08. The van der Waals surface area contributed by atoms with Gasteiger partial charge in [-0.1, -0.05) is 17.9 Å². The van der Waals surface area contributed by atoms with Gasteiger partial charge in [0.25, 0.3) is 0 Å². The summed E-state index contributed by atoms with van der Waals surface area (Å²) in [5, 5.41) is 0. The van der Waals surface area contributed by atoms with Gasteiger partial charge in [-0.15, -0.1) is 11.6 Å². The largest absolute Gasteiger partial charge is 0.378 e. The van der Waals surface area contributed by atoms with Gasteiger partial charge in [-0.2, -0.15) is 0 Å². The lowest BCUT2D eigenvalue weighted by molar-refractivity contribution is 0.122. The summed E-state index contributed by atoms with van der Waals surface area (Å²) in [6, 6.07) is 8.34. The standard InChI is InChI=1S/C14H16ClNO/c15-7-2-1-4-13-5-3-6-14(12-13)16-8-10-17-11-9-16/h3,5-6,12H,2,7-11H2. The van der Waals surface area contributed by atoms with Gasteiger partial charge in [-0.25, -0.2) is 0 Å². The van der Waals surface area contributed by atoms with Gasteiger partial charge in [0.05, 0.1) is 13.2 Å². The Kier molecular flexibility index (Phi) is 4.73. The maximum Gasteiger partial charge on any atom is 0.0642 e. The molecule has 0 unspecified atom stereocenters. The van der Waals surface area contributed by atoms with Crippen molar-refractivity contribution in [2.24, 2.45) is 0 Å². The van der Waals surface area contributed by atoms with Crippen LogP contribution in [0.1, 0.15) is 12.0 Å². The fourth-order valence-corrected chi connectivity index (χ4v) is 1.91. The van der Waals surface area contributed by atoms with Gasteiger partial charge in [0, 0.05) is 36.6 Å². The van der Waals surface area contributed by atoms with Crippen LogP contribution in [0.25, 0.3) is 0 Å². The first-order chi connectivity index (χ1) is 8.40. The molecule has 1 heterocycles. The van der Waals surface area contributed by atoms with Crippen LogP contribution in [0.3, 0.4) is 0 Å². The zero-order valence-electron chi connectivity index (χ0n) is 9.79. The Hall–Kier alpha value is -1.17. The van der Waals surface area contributed by atoms with E-state index in [0.29, 0.717) is 5.88 Å². The molecule has 0 amide bonds. The Bertz CT molecular complexity index is 416. The van der Waals surface area contributed by atoms with E-state index >= 15 is 0 Å². The van der Waals surface area contributed by atoms with Crippen LogP contribution in [0.2, 0.25) is 0 Å². The van der Waals surface area contributed by atoms with Crippen molar-refractivity contribution < 1.29 is 4.74 Å². The van der Waals surface area contributed by atoms with Gasteiger partial charge in [0.2, 0.25) is 0 Å². The predicted molar refractivity (Wildman–Crippen MR) is 71.7 cm³/mol. The molecular weight excluding hydrogens is 234 g/mol. The van der Waals surface area contributed by atoms with E-state index in [1.54, 1.807) is 0 Å². The predicted octanol–water partition coefficient (Wildman–Crippen LogP) is 2.50. The van der Waals surface area contributed by atoms with Crippen LogP contribution in [-0.2, 0) is 4.74 Å². The summed E-state index contributed by atoms with van der Waals surface area (Å²) in [6.07, 6.45) is 0.739. The number of anilines is 1. The van der Waals surface area contributed by atoms with Gasteiger partial charge >= 0.3 is 0 Å². The summed E-state index contributed by atoms with van der Waals surface area (Å²) in [6.45, 7) is 3.53. The van der Waals surface area contributed by atoms with E-state index in [-0.39, 0.29) is 0 Å². The van der Waals surface area contributed by atoms with Crippen molar-refractivity contribution in [2.45, 2.75) is 6.42 Å². The molecule has 1 fully saturated rings. The van der Waals surface area contributed by atoms with Crippen LogP contribution >= 0.6 is 11.6 Å². The second-order valence-electron chi connectivity index (χ2n) is 3.89. The third-order valence-corrected chi connectivity index (χ3v) is 2.86. The van der Waals surface area contributed by atoms with Crippen molar-refractivity contribution in [3.8, 4) is 11.8 Å². The number of alkyl halides is 1. The number of hydrogen-bond donors (Lipinski definition) is 0. The molecule has 1 aliphatic heterocycles. The molecular formula is C14H16ClNO. The van der Waals surface area contributed by atoms with E-state index < -0.39 is 0 Å². The van der Waals surface area contributed by atoms with E-state index in [1.807, 2.05) is 6.07 Å². The summed E-state index contributed by atoms with van der Waals surface area (Å²) in [7, 11) is 0. The number of hydrogen-bond acceptors (Lipinski definition) is 2. The summed E-state index contributed by atoms with van der Waals surface area (Å²) in [5.41, 5.74) is 2.28. The molecule has 0 atom stereocenters. The number of rotatable bonds is 2. The second kappa shape index (κ2) is 6.54. The van der Waals surface area contributed by atoms with Crippen LogP contribution in [0.4, 0.5) is 5.69 Å². The van der Waals surface area contributed by atoms with Crippen LogP contribution in [0.5, 0.6) is 0 Å². The lowest BCUT2D eigenvalue weighted by Gasteiger charge is -2.28. The maximum atomic E-state index is 5.60. The monoisotopic (exact) mass is 249 g/mol. The molecule has 0 saturated carbocycles. The van der Waals surface area contributed by atoms with E-state index in [4.69, 9.17) is 16.3 Å². The SMILES string of the molecule is ClCCC#Cc1cccc(N2CCOCC2)c1. The van der Waals surface area contributed by atoms with Gasteiger partial charge in [0.1, 0.15) is 0 Å². The van der Waals surface area contributed by atoms with Crippen molar-refractivity contribution in [2.75, 3.05) is 37.1 Å². The van der Waals surface area contributed by atoms with Crippen molar-refractivity contribution in [3.05, 3.63) is 29.8 Å². The Labute approximate surface area is 108 Å². The minimum absolute atomic E-state index is 0.593. The normalized spacial score (nSPS) is 15.2. The third kappa shape index (κ3) is 3.66. The molecule has 1 saturated heterocycles. The molecule has 1 aromatic carbocycles. The molecule has 2 rings (SSSR count). The number of ether oxygens (including phenoxy) is 1. The van der Waals surface area contributed by atoms with Crippen molar-refractivity contribution in [3.63, 3.8) is 0 Å². The first-order valence-corrected chi connectivity index (χ1v) is 6.41. The quantitative estimate of drug-likeness (QED) is 0.590. The highest BCUT2D eigenvalue weighted by Gasteiger charge is 2.10. The molecule has 2 nitrogen and oxygen atoms in total. The van der Waals surface area contributed by atoms with Gasteiger partial charge in [0.15, 0.2) is 0 Å². The van der Waals surface area contributed by atoms with E-state index in [0.717, 1.165) is 38.3 Å². The molecule has 0 aromatic heterocycles. The van der Waals surface area contributed by atoms with Gasteiger partial charge < -0.3 is 9.64 Å². The van der Waals surface area contributed by atoms with Crippen LogP contribution in [0.15, 0.2) is 24.3 Å². The summed E-state index contributed by atoms with van der Waals surface area (Å²) in [4.78, 5) is 2.33. The molecule has 17 heavy (non-hydrogen) atoms. The molecule has 0 N–H and O–H groups in total. The number of morpholine rings is 1.